The standard InChI is InChI=1S/C24H28N2O3.ClH/c1-3-28-20-9-10-22-21(15-20)17(2)23(29-22)24(27)25-19-11-13-26(14-12-19)16-18-7-5-4-6-8-18;/h4-10,15,19H,3,11-14,16H2,1-2H3,(H,25,27);1H/p-1. The van der Waals surface area contributed by atoms with Crippen molar-refractivity contribution in [3.63, 3.8) is 0 Å². The molecule has 30 heavy (non-hydrogen) atoms. The predicted octanol–water partition coefficient (Wildman–Crippen LogP) is 1.54. The maximum atomic E-state index is 12.8. The molecule has 0 aliphatic carbocycles. The number of ether oxygens (including phenoxy) is 1. The van der Waals surface area contributed by atoms with Gasteiger partial charge in [0.15, 0.2) is 5.76 Å². The number of nitrogens with zero attached hydrogens (tertiary/aromatic N) is 1. The van der Waals surface area contributed by atoms with Crippen LogP contribution in [0.2, 0.25) is 0 Å². The van der Waals surface area contributed by atoms with E-state index in [1.165, 1.54) is 5.56 Å². The smallest absolute Gasteiger partial charge is 0.287 e. The number of hydrogen-bond donors (Lipinski definition) is 1. The van der Waals surface area contributed by atoms with Gasteiger partial charge in [0.05, 0.1) is 6.61 Å². The van der Waals surface area contributed by atoms with Crippen LogP contribution >= 0.6 is 0 Å². The molecule has 1 aromatic heterocycles. The first-order valence-corrected chi connectivity index (χ1v) is 10.4. The average molecular weight is 428 g/mol. The molecule has 1 fully saturated rings. The second-order valence-corrected chi connectivity index (χ2v) is 7.66. The molecule has 0 saturated carbocycles. The molecule has 0 spiro atoms. The number of fused-ring (bicyclic) bond motifs is 1. The van der Waals surface area contributed by atoms with Gasteiger partial charge in [-0.3, -0.25) is 9.69 Å². The third kappa shape index (κ3) is 4.97. The van der Waals surface area contributed by atoms with Crippen LogP contribution in [0.4, 0.5) is 0 Å². The molecule has 1 N–H and O–H groups in total. The first-order chi connectivity index (χ1) is 14.1. The number of rotatable bonds is 6. The number of piperidine rings is 1. The van der Waals surface area contributed by atoms with Crippen molar-refractivity contribution in [2.75, 3.05) is 19.7 Å². The Morgan fingerprint density at radius 3 is 2.60 bits per heavy atom. The van der Waals surface area contributed by atoms with Crippen LogP contribution in [0.25, 0.3) is 11.0 Å². The number of likely N-dealkylation sites (tertiary alicyclic amines) is 1. The van der Waals surface area contributed by atoms with Gasteiger partial charge in [0.25, 0.3) is 5.91 Å². The Bertz CT molecular complexity index is 979. The van der Waals surface area contributed by atoms with E-state index in [2.05, 4.69) is 34.5 Å². The molecule has 1 saturated heterocycles. The van der Waals surface area contributed by atoms with E-state index >= 15 is 0 Å². The normalized spacial score (nSPS) is 15.0. The number of hydrogen-bond acceptors (Lipinski definition) is 4. The summed E-state index contributed by atoms with van der Waals surface area (Å²) < 4.78 is 11.4. The monoisotopic (exact) mass is 427 g/mol. The summed E-state index contributed by atoms with van der Waals surface area (Å²) in [7, 11) is 0. The summed E-state index contributed by atoms with van der Waals surface area (Å²) >= 11 is 0. The van der Waals surface area contributed by atoms with Crippen LogP contribution in [0.1, 0.15) is 41.4 Å². The van der Waals surface area contributed by atoms with Gasteiger partial charge in [-0.15, -0.1) is 0 Å². The molecule has 0 radical (unpaired) electrons. The molecule has 0 atom stereocenters. The van der Waals surface area contributed by atoms with Gasteiger partial charge in [-0.05, 0) is 50.5 Å². The molecule has 1 aliphatic rings. The highest BCUT2D eigenvalue weighted by Crippen LogP contribution is 2.29. The van der Waals surface area contributed by atoms with Crippen LogP contribution < -0.4 is 22.5 Å². The number of nitrogens with one attached hydrogen (secondary N) is 1. The second kappa shape index (κ2) is 10.0. The van der Waals surface area contributed by atoms with E-state index in [0.717, 1.165) is 49.2 Å². The van der Waals surface area contributed by atoms with Crippen LogP contribution in [-0.2, 0) is 6.54 Å². The van der Waals surface area contributed by atoms with Crippen molar-refractivity contribution < 1.29 is 26.4 Å². The maximum absolute atomic E-state index is 12.8. The van der Waals surface area contributed by atoms with E-state index in [1.54, 1.807) is 0 Å². The fourth-order valence-corrected chi connectivity index (χ4v) is 4.00. The van der Waals surface area contributed by atoms with E-state index in [9.17, 15) is 4.79 Å². The molecule has 2 heterocycles. The zero-order valence-electron chi connectivity index (χ0n) is 17.5. The van der Waals surface area contributed by atoms with Gasteiger partial charge >= 0.3 is 0 Å². The van der Waals surface area contributed by atoms with Crippen molar-refractivity contribution in [1.82, 2.24) is 10.2 Å². The van der Waals surface area contributed by atoms with Crippen molar-refractivity contribution in [2.24, 2.45) is 0 Å². The Hall–Kier alpha value is -2.50. The SMILES string of the molecule is CCOc1ccc2oc(C(=O)NC3CCN(Cc4ccccc4)CC3)c(C)c2c1.[Cl-]. The third-order valence-electron chi connectivity index (χ3n) is 5.60. The highest BCUT2D eigenvalue weighted by molar-refractivity contribution is 5.99. The van der Waals surface area contributed by atoms with Crippen LogP contribution in [0.3, 0.4) is 0 Å². The summed E-state index contributed by atoms with van der Waals surface area (Å²) in [6.45, 7) is 7.42. The molecular weight excluding hydrogens is 400 g/mol. The first-order valence-electron chi connectivity index (χ1n) is 10.4. The second-order valence-electron chi connectivity index (χ2n) is 7.66. The van der Waals surface area contributed by atoms with Crippen LogP contribution in [0.15, 0.2) is 52.9 Å². The minimum Gasteiger partial charge on any atom is -1.00 e. The van der Waals surface area contributed by atoms with Crippen LogP contribution in [0, 0.1) is 6.92 Å². The maximum Gasteiger partial charge on any atom is 0.287 e. The molecule has 1 aliphatic heterocycles. The molecule has 0 unspecified atom stereocenters. The summed E-state index contributed by atoms with van der Waals surface area (Å²) in [5.41, 5.74) is 2.91. The highest BCUT2D eigenvalue weighted by Gasteiger charge is 2.24. The lowest BCUT2D eigenvalue weighted by Crippen LogP contribution is -3.00. The number of halogens is 1. The Morgan fingerprint density at radius 2 is 1.90 bits per heavy atom. The summed E-state index contributed by atoms with van der Waals surface area (Å²) in [5.74, 6) is 1.07. The van der Waals surface area contributed by atoms with E-state index in [1.807, 2.05) is 38.1 Å². The van der Waals surface area contributed by atoms with Gasteiger partial charge in [-0.1, -0.05) is 30.3 Å². The quantitative estimate of drug-likeness (QED) is 0.648. The number of benzene rings is 2. The minimum atomic E-state index is -0.127. The lowest BCUT2D eigenvalue weighted by molar-refractivity contribution is -0.0000155. The highest BCUT2D eigenvalue weighted by atomic mass is 35.5. The molecule has 4 rings (SSSR count). The van der Waals surface area contributed by atoms with Gasteiger partial charge in [-0.2, -0.15) is 0 Å². The van der Waals surface area contributed by atoms with E-state index in [-0.39, 0.29) is 24.4 Å². The van der Waals surface area contributed by atoms with E-state index in [4.69, 9.17) is 9.15 Å². The number of furan rings is 1. The van der Waals surface area contributed by atoms with E-state index in [0.29, 0.717) is 18.0 Å². The van der Waals surface area contributed by atoms with Gasteiger partial charge in [0.2, 0.25) is 0 Å². The predicted molar refractivity (Wildman–Crippen MR) is 114 cm³/mol. The molecule has 2 aromatic carbocycles. The third-order valence-corrected chi connectivity index (χ3v) is 5.60. The fourth-order valence-electron chi connectivity index (χ4n) is 4.00. The minimum absolute atomic E-state index is 0. The van der Waals surface area contributed by atoms with Crippen molar-refractivity contribution in [3.05, 3.63) is 65.4 Å². The van der Waals surface area contributed by atoms with Crippen molar-refractivity contribution >= 4 is 16.9 Å². The summed E-state index contributed by atoms with van der Waals surface area (Å²) in [5, 5.41) is 4.10. The molecule has 3 aromatic rings. The zero-order valence-corrected chi connectivity index (χ0v) is 18.2. The molecule has 0 bridgehead atoms. The van der Waals surface area contributed by atoms with Crippen molar-refractivity contribution in [3.8, 4) is 5.75 Å². The molecule has 6 heteroatoms. The molecule has 5 nitrogen and oxygen atoms in total. The number of carbonyl (C=O) groups is 1. The Morgan fingerprint density at radius 1 is 1.17 bits per heavy atom. The Balaban J connectivity index is 0.00000256. The number of carbonyl (C=O) groups excluding carboxylic acids is 1. The van der Waals surface area contributed by atoms with Gasteiger partial charge in [0.1, 0.15) is 11.3 Å². The van der Waals surface area contributed by atoms with Gasteiger partial charge < -0.3 is 26.9 Å². The Kier molecular flexibility index (Phi) is 7.40. The molecular formula is C24H28ClN2O3-. The number of amides is 1. The van der Waals surface area contributed by atoms with E-state index < -0.39 is 0 Å². The van der Waals surface area contributed by atoms with Gasteiger partial charge in [-0.25, -0.2) is 0 Å². The fraction of sp³-hybridized carbons (Fsp3) is 0.375. The average Bonchev–Trinajstić information content (AvgIpc) is 3.07. The van der Waals surface area contributed by atoms with Crippen LogP contribution in [-0.4, -0.2) is 36.5 Å². The summed E-state index contributed by atoms with van der Waals surface area (Å²) in [6.07, 6.45) is 1.90. The molecule has 160 valence electrons. The zero-order chi connectivity index (χ0) is 20.2. The molecule has 1 amide bonds. The Labute approximate surface area is 183 Å². The lowest BCUT2D eigenvalue weighted by atomic mass is 10.0. The summed E-state index contributed by atoms with van der Waals surface area (Å²) in [4.78, 5) is 15.3. The van der Waals surface area contributed by atoms with Crippen molar-refractivity contribution in [2.45, 2.75) is 39.3 Å². The van der Waals surface area contributed by atoms with Crippen molar-refractivity contribution in [1.29, 1.82) is 0 Å². The van der Waals surface area contributed by atoms with Crippen LogP contribution in [0.5, 0.6) is 5.75 Å². The number of aryl methyl sites for hydroxylation is 1. The van der Waals surface area contributed by atoms with Gasteiger partial charge in [0, 0.05) is 36.6 Å². The summed E-state index contributed by atoms with van der Waals surface area (Å²) in [6, 6.07) is 16.4. The largest absolute Gasteiger partial charge is 1.00 e. The topological polar surface area (TPSA) is 54.7 Å². The first kappa shape index (κ1) is 22.2. The lowest BCUT2D eigenvalue weighted by Gasteiger charge is -2.32.